The second-order valence-corrected chi connectivity index (χ2v) is 7.86. The smallest absolute Gasteiger partial charge is 0.348 e. The molecule has 1 saturated heterocycles. The second-order valence-electron chi connectivity index (χ2n) is 7.86. The van der Waals surface area contributed by atoms with E-state index in [0.717, 1.165) is 6.08 Å². The van der Waals surface area contributed by atoms with Gasteiger partial charge in [-0.3, -0.25) is 0 Å². The first kappa shape index (κ1) is 25.6. The third-order valence-corrected chi connectivity index (χ3v) is 4.81. The molecule has 8 nitrogen and oxygen atoms in total. The number of rotatable bonds is 12. The highest BCUT2D eigenvalue weighted by molar-refractivity contribution is 5.82. The van der Waals surface area contributed by atoms with Crippen LogP contribution in [0.3, 0.4) is 0 Å². The number of aliphatic hydroxyl groups excluding tert-OH is 1. The molecule has 0 saturated carbocycles. The summed E-state index contributed by atoms with van der Waals surface area (Å²) in [4.78, 5) is 35.4. The molecule has 0 radical (unpaired) electrons. The van der Waals surface area contributed by atoms with Gasteiger partial charge in [0.2, 0.25) is 6.10 Å². The lowest BCUT2D eigenvalue weighted by Crippen LogP contribution is -2.42. The number of hydrogen-bond donors (Lipinski definition) is 2. The van der Waals surface area contributed by atoms with Gasteiger partial charge in [0.25, 0.3) is 0 Å². The summed E-state index contributed by atoms with van der Waals surface area (Å²) in [5.41, 5.74) is -0.682. The Labute approximate surface area is 177 Å². The van der Waals surface area contributed by atoms with Crippen LogP contribution in [0.25, 0.3) is 0 Å². The highest BCUT2D eigenvalue weighted by Crippen LogP contribution is 2.33. The number of carbonyl (C=O) groups is 3. The Morgan fingerprint density at radius 3 is 2.17 bits per heavy atom. The third-order valence-electron chi connectivity index (χ3n) is 4.81. The second kappa shape index (κ2) is 11.7. The zero-order chi connectivity index (χ0) is 22.9. The van der Waals surface area contributed by atoms with Gasteiger partial charge >= 0.3 is 17.9 Å². The normalized spacial score (nSPS) is 22.9. The van der Waals surface area contributed by atoms with Gasteiger partial charge in [-0.25, -0.2) is 14.4 Å². The zero-order valence-electron chi connectivity index (χ0n) is 18.1. The van der Waals surface area contributed by atoms with Crippen molar-refractivity contribution in [2.24, 2.45) is 11.8 Å². The minimum atomic E-state index is -1.33. The van der Waals surface area contributed by atoms with Crippen LogP contribution in [0.1, 0.15) is 41.0 Å². The van der Waals surface area contributed by atoms with Crippen LogP contribution in [0.2, 0.25) is 0 Å². The molecule has 0 aromatic rings. The van der Waals surface area contributed by atoms with Crippen LogP contribution in [0.4, 0.5) is 0 Å². The van der Waals surface area contributed by atoms with E-state index in [9.17, 15) is 19.5 Å². The molecule has 0 spiro atoms. The fourth-order valence-corrected chi connectivity index (χ4v) is 2.35. The number of allylic oxidation sites excluding steroid dienone is 4. The van der Waals surface area contributed by atoms with Gasteiger partial charge in [-0.1, -0.05) is 52.0 Å². The lowest BCUT2D eigenvalue weighted by atomic mass is 10.0. The molecule has 1 aliphatic heterocycles. The van der Waals surface area contributed by atoms with E-state index in [2.05, 4.69) is 0 Å². The lowest BCUT2D eigenvalue weighted by molar-refractivity contribution is -0.181. The maximum atomic E-state index is 12.8. The van der Waals surface area contributed by atoms with Crippen LogP contribution < -0.4 is 0 Å². The topological polar surface area (TPSA) is 123 Å². The summed E-state index contributed by atoms with van der Waals surface area (Å²) in [6.07, 6.45) is 6.07. The molecule has 1 fully saturated rings. The number of aliphatic carboxylic acids is 1. The number of hydrogen-bond acceptors (Lipinski definition) is 7. The molecule has 1 heterocycles. The Kier molecular flexibility index (Phi) is 9.95. The largest absolute Gasteiger partial charge is 0.478 e. The van der Waals surface area contributed by atoms with Crippen LogP contribution in [0.5, 0.6) is 0 Å². The molecule has 2 N–H and O–H groups in total. The van der Waals surface area contributed by atoms with Crippen molar-refractivity contribution in [2.45, 2.75) is 65.0 Å². The SMILES string of the molecule is CC[C@H](C)[C@@H](OC(=O)C(O)C(C)C)C(=O)OC(\C=C/C=C/C=C/C(=O)O)C1(C)CO1. The molecular weight excluding hydrogens is 392 g/mol. The molecule has 3 unspecified atom stereocenters. The van der Waals surface area contributed by atoms with Crippen molar-refractivity contribution in [2.75, 3.05) is 6.61 Å². The Hall–Kier alpha value is -2.45. The van der Waals surface area contributed by atoms with Crippen LogP contribution in [0.15, 0.2) is 36.5 Å². The van der Waals surface area contributed by atoms with E-state index in [1.807, 2.05) is 6.92 Å². The van der Waals surface area contributed by atoms with Crippen molar-refractivity contribution in [1.29, 1.82) is 0 Å². The van der Waals surface area contributed by atoms with Gasteiger partial charge in [-0.2, -0.15) is 0 Å². The average molecular weight is 424 g/mol. The summed E-state index contributed by atoms with van der Waals surface area (Å²) in [6, 6.07) is 0. The van der Waals surface area contributed by atoms with E-state index < -0.39 is 41.8 Å². The molecule has 30 heavy (non-hydrogen) atoms. The summed E-state index contributed by atoms with van der Waals surface area (Å²) < 4.78 is 16.3. The average Bonchev–Trinajstić information content (AvgIpc) is 3.44. The van der Waals surface area contributed by atoms with Crippen LogP contribution >= 0.6 is 0 Å². The van der Waals surface area contributed by atoms with E-state index in [4.69, 9.17) is 19.3 Å². The number of ether oxygens (including phenoxy) is 3. The van der Waals surface area contributed by atoms with E-state index in [1.165, 1.54) is 12.2 Å². The van der Waals surface area contributed by atoms with Crippen LogP contribution in [0, 0.1) is 11.8 Å². The summed E-state index contributed by atoms with van der Waals surface area (Å²) in [5.74, 6) is -3.28. The quantitative estimate of drug-likeness (QED) is 0.212. The predicted molar refractivity (Wildman–Crippen MR) is 109 cm³/mol. The van der Waals surface area contributed by atoms with Crippen LogP contribution in [-0.2, 0) is 28.6 Å². The highest BCUT2D eigenvalue weighted by atomic mass is 16.6. The van der Waals surface area contributed by atoms with Gasteiger partial charge in [0.15, 0.2) is 12.2 Å². The molecule has 168 valence electrons. The number of carboxylic acid groups (broad SMARTS) is 1. The maximum Gasteiger partial charge on any atom is 0.348 e. The van der Waals surface area contributed by atoms with Crippen molar-refractivity contribution in [3.8, 4) is 0 Å². The molecule has 1 aliphatic rings. The predicted octanol–water partition coefficient (Wildman–Crippen LogP) is 2.42. The monoisotopic (exact) mass is 424 g/mol. The van der Waals surface area contributed by atoms with Gasteiger partial charge in [-0.05, 0) is 25.3 Å². The molecule has 0 aromatic carbocycles. The van der Waals surface area contributed by atoms with Crippen LogP contribution in [-0.4, -0.2) is 58.6 Å². The fourth-order valence-electron chi connectivity index (χ4n) is 2.35. The first-order valence-corrected chi connectivity index (χ1v) is 9.99. The standard InChI is InChI=1S/C22H32O8/c1-6-15(4)19(30-20(26)18(25)14(2)3)21(27)29-16(22(5)13-28-22)11-9-7-8-10-12-17(23)24/h7-12,14-16,18-19,25H,6,13H2,1-5H3,(H,23,24)/b8-7+,11-9-,12-10+/t15-,16?,18?,19+,22?/m0/s1. The Morgan fingerprint density at radius 2 is 1.67 bits per heavy atom. The fraction of sp³-hybridized carbons (Fsp3) is 0.591. The molecule has 0 amide bonds. The Balaban J connectivity index is 2.88. The molecular formula is C22H32O8. The number of epoxide rings is 1. The van der Waals surface area contributed by atoms with E-state index >= 15 is 0 Å². The summed E-state index contributed by atoms with van der Waals surface area (Å²) >= 11 is 0. The first-order valence-electron chi connectivity index (χ1n) is 9.99. The van der Waals surface area contributed by atoms with Gasteiger partial charge in [-0.15, -0.1) is 0 Å². The third kappa shape index (κ3) is 8.12. The number of carboxylic acids is 1. The van der Waals surface area contributed by atoms with Gasteiger partial charge in [0.1, 0.15) is 5.60 Å². The Bertz CT molecular complexity index is 687. The zero-order valence-corrected chi connectivity index (χ0v) is 18.1. The lowest BCUT2D eigenvalue weighted by Gasteiger charge is -2.26. The van der Waals surface area contributed by atoms with Crippen molar-refractivity contribution < 1.29 is 38.8 Å². The van der Waals surface area contributed by atoms with Crippen molar-refractivity contribution >= 4 is 17.9 Å². The minimum Gasteiger partial charge on any atom is -0.478 e. The number of aliphatic hydroxyl groups is 1. The molecule has 0 bridgehead atoms. The number of carbonyl (C=O) groups excluding carboxylic acids is 2. The van der Waals surface area contributed by atoms with Gasteiger partial charge < -0.3 is 24.4 Å². The van der Waals surface area contributed by atoms with E-state index in [-0.39, 0.29) is 11.8 Å². The van der Waals surface area contributed by atoms with Gasteiger partial charge in [0, 0.05) is 12.0 Å². The minimum absolute atomic E-state index is 0.306. The molecule has 1 rings (SSSR count). The molecule has 0 aromatic heterocycles. The molecule has 8 heteroatoms. The van der Waals surface area contributed by atoms with Gasteiger partial charge in [0.05, 0.1) is 6.61 Å². The van der Waals surface area contributed by atoms with E-state index in [1.54, 1.807) is 45.9 Å². The van der Waals surface area contributed by atoms with Crippen molar-refractivity contribution in [1.82, 2.24) is 0 Å². The summed E-state index contributed by atoms with van der Waals surface area (Å²) in [5, 5.41) is 18.5. The number of esters is 2. The summed E-state index contributed by atoms with van der Waals surface area (Å²) in [7, 11) is 0. The van der Waals surface area contributed by atoms with Crippen molar-refractivity contribution in [3.63, 3.8) is 0 Å². The highest BCUT2D eigenvalue weighted by Gasteiger charge is 2.49. The maximum absolute atomic E-state index is 12.8. The first-order chi connectivity index (χ1) is 14.0. The Morgan fingerprint density at radius 1 is 1.07 bits per heavy atom. The summed E-state index contributed by atoms with van der Waals surface area (Å²) in [6.45, 7) is 9.16. The molecule has 0 aliphatic carbocycles. The molecule has 5 atom stereocenters. The van der Waals surface area contributed by atoms with E-state index in [0.29, 0.717) is 13.0 Å². The van der Waals surface area contributed by atoms with Crippen molar-refractivity contribution in [3.05, 3.63) is 36.5 Å².